The first-order valence-electron chi connectivity index (χ1n) is 6.46. The molecule has 0 aliphatic carbocycles. The van der Waals surface area contributed by atoms with Crippen LogP contribution in [0.3, 0.4) is 0 Å². The Balaban J connectivity index is 1.79. The monoisotopic (exact) mass is 207 g/mol. The smallest absolute Gasteiger partial charge is 0.112 e. The van der Waals surface area contributed by atoms with Crippen LogP contribution in [-0.2, 0) is 0 Å². The highest BCUT2D eigenvalue weighted by Gasteiger charge is 2.39. The minimum absolute atomic E-state index is 0.826. The minimum atomic E-state index is 0.826. The van der Waals surface area contributed by atoms with Gasteiger partial charge in [-0.05, 0) is 19.3 Å². The van der Waals surface area contributed by atoms with Crippen LogP contribution in [0.1, 0.15) is 32.1 Å². The average Bonchev–Trinajstić information content (AvgIpc) is 2.48. The molecule has 2 heteroatoms. The fourth-order valence-corrected chi connectivity index (χ4v) is 3.64. The van der Waals surface area contributed by atoms with Gasteiger partial charge in [0.2, 0.25) is 0 Å². The van der Waals surface area contributed by atoms with E-state index in [0.717, 1.165) is 12.1 Å². The molecule has 3 rings (SSSR count). The van der Waals surface area contributed by atoms with E-state index in [-0.39, 0.29) is 0 Å². The molecular weight excluding hydrogens is 184 g/mol. The van der Waals surface area contributed by atoms with E-state index in [2.05, 4.69) is 25.2 Å². The summed E-state index contributed by atoms with van der Waals surface area (Å²) in [5.41, 5.74) is 1.74. The molecule has 3 heterocycles. The van der Waals surface area contributed by atoms with Gasteiger partial charge in [0, 0.05) is 37.2 Å². The topological polar surface area (TPSA) is 3.24 Å². The zero-order valence-corrected chi connectivity index (χ0v) is 10.1. The summed E-state index contributed by atoms with van der Waals surface area (Å²) in [6.07, 6.45) is 9.56. The molecule has 2 saturated heterocycles. The molecule has 2 nitrogen and oxygen atoms in total. The highest BCUT2D eigenvalue weighted by Crippen LogP contribution is 2.36. The van der Waals surface area contributed by atoms with Crippen LogP contribution in [0.2, 0.25) is 0 Å². The lowest BCUT2D eigenvalue weighted by Crippen LogP contribution is -2.50. The van der Waals surface area contributed by atoms with Crippen molar-refractivity contribution in [2.75, 3.05) is 27.2 Å². The van der Waals surface area contributed by atoms with Crippen molar-refractivity contribution >= 4 is 0 Å². The van der Waals surface area contributed by atoms with Crippen LogP contribution in [0.15, 0.2) is 11.8 Å². The van der Waals surface area contributed by atoms with E-state index in [4.69, 9.17) is 0 Å². The van der Waals surface area contributed by atoms with E-state index in [0.29, 0.717) is 0 Å². The van der Waals surface area contributed by atoms with Crippen molar-refractivity contribution in [3.05, 3.63) is 11.8 Å². The van der Waals surface area contributed by atoms with Crippen molar-refractivity contribution in [2.45, 2.75) is 44.2 Å². The first-order valence-corrected chi connectivity index (χ1v) is 6.46. The third-order valence-corrected chi connectivity index (χ3v) is 4.77. The molecule has 0 N–H and O–H groups in total. The van der Waals surface area contributed by atoms with E-state index in [1.54, 1.807) is 5.57 Å². The Morgan fingerprint density at radius 3 is 2.67 bits per heavy atom. The quantitative estimate of drug-likeness (QED) is 0.594. The van der Waals surface area contributed by atoms with Crippen molar-refractivity contribution in [1.29, 1.82) is 0 Å². The van der Waals surface area contributed by atoms with Crippen LogP contribution in [0, 0.1) is 0 Å². The lowest BCUT2D eigenvalue weighted by molar-refractivity contribution is -0.897. The minimum Gasteiger partial charge on any atom is -0.374 e. The van der Waals surface area contributed by atoms with Gasteiger partial charge >= 0.3 is 0 Å². The Labute approximate surface area is 93.1 Å². The number of nitrogens with zero attached hydrogens (tertiary/aromatic N) is 2. The molecule has 0 aromatic carbocycles. The van der Waals surface area contributed by atoms with Crippen molar-refractivity contribution in [3.8, 4) is 0 Å². The molecule has 2 atom stereocenters. The van der Waals surface area contributed by atoms with Crippen LogP contribution >= 0.6 is 0 Å². The molecule has 0 bridgehead atoms. The maximum atomic E-state index is 2.58. The number of likely N-dealkylation sites (N-methyl/N-ethyl adjacent to an activating group) is 1. The first kappa shape index (κ1) is 9.71. The van der Waals surface area contributed by atoms with Gasteiger partial charge in [-0.1, -0.05) is 0 Å². The third-order valence-electron chi connectivity index (χ3n) is 4.77. The second-order valence-corrected chi connectivity index (χ2v) is 6.08. The van der Waals surface area contributed by atoms with Crippen molar-refractivity contribution in [1.82, 2.24) is 4.90 Å². The number of rotatable bonds is 1. The highest BCUT2D eigenvalue weighted by atomic mass is 15.4. The fraction of sp³-hybridized carbons (Fsp3) is 0.846. The van der Waals surface area contributed by atoms with Crippen LogP contribution < -0.4 is 0 Å². The predicted molar refractivity (Wildman–Crippen MR) is 62.4 cm³/mol. The predicted octanol–water partition coefficient (Wildman–Crippen LogP) is 1.98. The Bertz CT molecular complexity index is 293. The summed E-state index contributed by atoms with van der Waals surface area (Å²) < 4.78 is 1.23. The molecule has 0 saturated carbocycles. The number of quaternary nitrogens is 1. The van der Waals surface area contributed by atoms with E-state index in [1.807, 2.05) is 0 Å². The molecule has 2 unspecified atom stereocenters. The van der Waals surface area contributed by atoms with E-state index in [9.17, 15) is 0 Å². The van der Waals surface area contributed by atoms with Gasteiger partial charge in [0.15, 0.2) is 0 Å². The summed E-state index contributed by atoms with van der Waals surface area (Å²) in [4.78, 5) is 2.58. The summed E-state index contributed by atoms with van der Waals surface area (Å²) >= 11 is 0. The Morgan fingerprint density at radius 1 is 1.27 bits per heavy atom. The molecule has 84 valence electrons. The van der Waals surface area contributed by atoms with Gasteiger partial charge in [0.05, 0.1) is 20.6 Å². The van der Waals surface area contributed by atoms with E-state index in [1.165, 1.54) is 49.7 Å². The molecule has 0 radical (unpaired) electrons. The maximum Gasteiger partial charge on any atom is 0.112 e. The van der Waals surface area contributed by atoms with Gasteiger partial charge < -0.3 is 9.38 Å². The summed E-state index contributed by atoms with van der Waals surface area (Å²) in [7, 11) is 4.81. The van der Waals surface area contributed by atoms with Gasteiger partial charge in [0.25, 0.3) is 0 Å². The van der Waals surface area contributed by atoms with Crippen LogP contribution in [0.5, 0.6) is 0 Å². The van der Waals surface area contributed by atoms with Crippen molar-refractivity contribution in [3.63, 3.8) is 0 Å². The molecule has 0 aromatic rings. The molecule has 15 heavy (non-hydrogen) atoms. The SMILES string of the molecule is C[N+]1(C)CCCC1C1=CN2CCC2CC1. The van der Waals surface area contributed by atoms with Gasteiger partial charge in [-0.15, -0.1) is 0 Å². The van der Waals surface area contributed by atoms with Gasteiger partial charge in [-0.3, -0.25) is 0 Å². The lowest BCUT2D eigenvalue weighted by atomic mass is 9.88. The second-order valence-electron chi connectivity index (χ2n) is 6.08. The fourth-order valence-electron chi connectivity index (χ4n) is 3.64. The standard InChI is InChI=1S/C13H23N2/c1-15(2)9-3-4-13(15)11-5-6-12-7-8-14(12)10-11/h10,12-13H,3-9H2,1-2H3/q+1. The lowest BCUT2D eigenvalue weighted by Gasteiger charge is -2.46. The summed E-state index contributed by atoms with van der Waals surface area (Å²) in [5.74, 6) is 0. The highest BCUT2D eigenvalue weighted by molar-refractivity contribution is 5.15. The second kappa shape index (κ2) is 3.24. The zero-order chi connectivity index (χ0) is 10.5. The molecule has 0 spiro atoms. The summed E-state index contributed by atoms with van der Waals surface area (Å²) in [5, 5.41) is 0. The van der Waals surface area contributed by atoms with Crippen LogP contribution in [0.25, 0.3) is 0 Å². The van der Waals surface area contributed by atoms with Gasteiger partial charge in [-0.25, -0.2) is 0 Å². The number of fused-ring (bicyclic) bond motifs is 1. The Kier molecular flexibility index (Phi) is 2.10. The zero-order valence-electron chi connectivity index (χ0n) is 10.1. The van der Waals surface area contributed by atoms with E-state index >= 15 is 0 Å². The maximum absolute atomic E-state index is 2.58. The van der Waals surface area contributed by atoms with Gasteiger partial charge in [-0.2, -0.15) is 0 Å². The van der Waals surface area contributed by atoms with Gasteiger partial charge in [0.1, 0.15) is 6.04 Å². The summed E-state index contributed by atoms with van der Waals surface area (Å²) in [6.45, 7) is 2.68. The first-order chi connectivity index (χ1) is 7.17. The molecule has 0 amide bonds. The number of likely N-dealkylation sites (tertiary alicyclic amines) is 1. The normalized spacial score (nSPS) is 38.3. The number of hydrogen-bond acceptors (Lipinski definition) is 1. The number of hydrogen-bond donors (Lipinski definition) is 0. The van der Waals surface area contributed by atoms with Crippen LogP contribution in [-0.4, -0.2) is 48.7 Å². The van der Waals surface area contributed by atoms with Crippen molar-refractivity contribution < 1.29 is 4.48 Å². The third kappa shape index (κ3) is 1.50. The molecule has 3 aliphatic rings. The van der Waals surface area contributed by atoms with Crippen molar-refractivity contribution in [2.24, 2.45) is 0 Å². The molecule has 3 aliphatic heterocycles. The van der Waals surface area contributed by atoms with Crippen LogP contribution in [0.4, 0.5) is 0 Å². The summed E-state index contributed by atoms with van der Waals surface area (Å²) in [6, 6.07) is 1.73. The average molecular weight is 207 g/mol. The Hall–Kier alpha value is -0.500. The van der Waals surface area contributed by atoms with E-state index < -0.39 is 0 Å². The molecule has 2 fully saturated rings. The Morgan fingerprint density at radius 2 is 2.13 bits per heavy atom. The molecule has 0 aromatic heterocycles. The largest absolute Gasteiger partial charge is 0.374 e. The molecular formula is C13H23N2+.